The van der Waals surface area contributed by atoms with E-state index in [2.05, 4.69) is 5.32 Å². The molecule has 0 aliphatic carbocycles. The van der Waals surface area contributed by atoms with E-state index >= 15 is 0 Å². The van der Waals surface area contributed by atoms with Crippen LogP contribution in [-0.2, 0) is 26.0 Å². The highest BCUT2D eigenvalue weighted by molar-refractivity contribution is 7.90. The maximum absolute atomic E-state index is 14.3. The molecule has 2 saturated heterocycles. The highest BCUT2D eigenvalue weighted by Crippen LogP contribution is 2.38. The van der Waals surface area contributed by atoms with Gasteiger partial charge in [0.25, 0.3) is 11.8 Å². The van der Waals surface area contributed by atoms with Gasteiger partial charge in [-0.15, -0.1) is 0 Å². The zero-order valence-corrected chi connectivity index (χ0v) is 24.6. The van der Waals surface area contributed by atoms with Crippen molar-refractivity contribution in [2.45, 2.75) is 56.6 Å². The van der Waals surface area contributed by atoms with Crippen molar-refractivity contribution in [3.63, 3.8) is 0 Å². The zero-order valence-electron chi connectivity index (χ0n) is 23.8. The van der Waals surface area contributed by atoms with Crippen molar-refractivity contribution >= 4 is 33.6 Å². The first-order valence-electron chi connectivity index (χ1n) is 13.4. The van der Waals surface area contributed by atoms with Gasteiger partial charge in [0.05, 0.1) is 10.5 Å². The van der Waals surface area contributed by atoms with Crippen LogP contribution in [0.25, 0.3) is 0 Å². The molecule has 2 heterocycles. The average Bonchev–Trinajstić information content (AvgIpc) is 3.09. The topological polar surface area (TPSA) is 124 Å². The number of likely N-dealkylation sites (N-methyl/N-ethyl adjacent to an activating group) is 1. The first-order valence-corrected chi connectivity index (χ1v) is 15.3. The molecular formula is C29H35FN4O6S. The van der Waals surface area contributed by atoms with Gasteiger partial charge in [-0.1, -0.05) is 37.6 Å². The molecule has 0 radical (unpaired) electrons. The third-order valence-corrected chi connectivity index (χ3v) is 9.05. The number of halogens is 1. The summed E-state index contributed by atoms with van der Waals surface area (Å²) in [5.41, 5.74) is 0.0818. The number of aryl methyl sites for hydroxylation is 1. The number of likely N-dealkylation sites (tertiary alicyclic amines) is 1. The van der Waals surface area contributed by atoms with Crippen LogP contribution in [0, 0.1) is 18.7 Å². The Morgan fingerprint density at radius 3 is 2.22 bits per heavy atom. The van der Waals surface area contributed by atoms with Crippen LogP contribution in [-0.4, -0.2) is 84.8 Å². The molecule has 0 aromatic heterocycles. The second-order valence-electron chi connectivity index (χ2n) is 11.2. The van der Waals surface area contributed by atoms with Crippen molar-refractivity contribution in [2.75, 3.05) is 26.4 Å². The van der Waals surface area contributed by atoms with Crippen LogP contribution in [0.5, 0.6) is 0 Å². The number of benzene rings is 2. The smallest absolute Gasteiger partial charge is 0.327 e. The molecule has 4 rings (SSSR count). The van der Waals surface area contributed by atoms with Gasteiger partial charge in [0.2, 0.25) is 5.91 Å². The van der Waals surface area contributed by atoms with E-state index in [0.717, 1.165) is 11.2 Å². The fourth-order valence-corrected chi connectivity index (χ4v) is 6.08. The number of nitrogens with zero attached hydrogens (tertiary/aromatic N) is 3. The number of piperidine rings is 1. The van der Waals surface area contributed by atoms with Crippen LogP contribution in [0.2, 0.25) is 0 Å². The summed E-state index contributed by atoms with van der Waals surface area (Å²) >= 11 is 0. The monoisotopic (exact) mass is 586 g/mol. The highest BCUT2D eigenvalue weighted by Gasteiger charge is 2.57. The molecule has 1 N–H and O–H groups in total. The second-order valence-corrected chi connectivity index (χ2v) is 13.2. The van der Waals surface area contributed by atoms with Crippen molar-refractivity contribution in [3.8, 4) is 0 Å². The molecule has 2 fully saturated rings. The minimum atomic E-state index is -3.38. The predicted molar refractivity (Wildman–Crippen MR) is 149 cm³/mol. The van der Waals surface area contributed by atoms with Gasteiger partial charge in [0.1, 0.15) is 17.4 Å². The number of hydrogen-bond acceptors (Lipinski definition) is 6. The van der Waals surface area contributed by atoms with Crippen molar-refractivity contribution in [2.24, 2.45) is 5.92 Å². The van der Waals surface area contributed by atoms with Crippen LogP contribution in [0.3, 0.4) is 0 Å². The van der Waals surface area contributed by atoms with E-state index in [1.54, 1.807) is 43.9 Å². The predicted octanol–water partition coefficient (Wildman–Crippen LogP) is 2.75. The van der Waals surface area contributed by atoms with E-state index in [0.29, 0.717) is 11.1 Å². The number of urea groups is 1. The lowest BCUT2D eigenvalue weighted by Crippen LogP contribution is -2.60. The Morgan fingerprint density at radius 1 is 1.05 bits per heavy atom. The lowest BCUT2D eigenvalue weighted by atomic mass is 9.85. The molecule has 0 bridgehead atoms. The van der Waals surface area contributed by atoms with Crippen molar-refractivity contribution in [1.82, 2.24) is 20.0 Å². The van der Waals surface area contributed by atoms with Crippen molar-refractivity contribution in [1.29, 1.82) is 0 Å². The molecule has 0 saturated carbocycles. The van der Waals surface area contributed by atoms with E-state index < -0.39 is 39.2 Å². The number of nitrogens with one attached hydrogen (secondary N) is 1. The fourth-order valence-electron chi connectivity index (χ4n) is 5.45. The molecule has 1 spiro atoms. The first kappa shape index (κ1) is 30.2. The number of sulfone groups is 1. The molecular weight excluding hydrogens is 551 g/mol. The Morgan fingerprint density at radius 2 is 1.66 bits per heavy atom. The number of carbonyl (C=O) groups excluding carboxylic acids is 4. The third kappa shape index (κ3) is 5.83. The second kappa shape index (κ2) is 11.2. The van der Waals surface area contributed by atoms with E-state index in [9.17, 15) is 32.0 Å². The van der Waals surface area contributed by atoms with Crippen molar-refractivity contribution < 1.29 is 32.0 Å². The molecule has 2 aromatic carbocycles. The molecule has 12 heteroatoms. The summed E-state index contributed by atoms with van der Waals surface area (Å²) in [7, 11) is -1.96. The summed E-state index contributed by atoms with van der Waals surface area (Å²) in [5, 5.41) is 2.69. The molecule has 2 aromatic rings. The standard InChI is InChI=1S/C29H35FN4O6S/c1-18(2)24(31-25(35)22-16-19(3)6-11-23(22)30)26(36)33-14-12-29(13-15-33)27(37)32(4)28(38)34(29)17-20-7-9-21(10-8-20)41(5,39)40/h6-11,16,18,24H,12-15,17H2,1-5H3,(H,31,35)/t24-/m1/s1. The molecule has 2 aliphatic rings. The Hall–Kier alpha value is -3.80. The Kier molecular flexibility index (Phi) is 8.26. The third-order valence-electron chi connectivity index (χ3n) is 7.92. The largest absolute Gasteiger partial charge is 0.341 e. The molecule has 0 unspecified atom stereocenters. The molecule has 220 valence electrons. The van der Waals surface area contributed by atoms with E-state index in [1.807, 2.05) is 0 Å². The van der Waals surface area contributed by atoms with Crippen LogP contribution < -0.4 is 5.32 Å². The number of imide groups is 1. The molecule has 41 heavy (non-hydrogen) atoms. The summed E-state index contributed by atoms with van der Waals surface area (Å²) in [6.45, 7) is 5.75. The minimum absolute atomic E-state index is 0.0969. The SMILES string of the molecule is Cc1ccc(F)c(C(=O)N[C@@H](C(=O)N2CCC3(CC2)C(=O)N(C)C(=O)N3Cc2ccc(S(C)(=O)=O)cc2)C(C)C)c1. The van der Waals surface area contributed by atoms with Crippen molar-refractivity contribution in [3.05, 3.63) is 65.0 Å². The van der Waals surface area contributed by atoms with Crippen LogP contribution in [0.15, 0.2) is 47.4 Å². The molecule has 1 atom stereocenters. The summed E-state index contributed by atoms with van der Waals surface area (Å²) in [6, 6.07) is 8.99. The molecule has 10 nitrogen and oxygen atoms in total. The Bertz CT molecular complexity index is 1480. The zero-order chi connectivity index (χ0) is 30.3. The van der Waals surface area contributed by atoms with Crippen LogP contribution in [0.4, 0.5) is 9.18 Å². The van der Waals surface area contributed by atoms with Gasteiger partial charge < -0.3 is 15.1 Å². The Labute approximate surface area is 239 Å². The van der Waals surface area contributed by atoms with Gasteiger partial charge >= 0.3 is 6.03 Å². The molecule has 2 aliphatic heterocycles. The van der Waals surface area contributed by atoms with Gasteiger partial charge in [-0.3, -0.25) is 19.3 Å². The average molecular weight is 587 g/mol. The quantitative estimate of drug-likeness (QED) is 0.498. The summed E-state index contributed by atoms with van der Waals surface area (Å²) in [4.78, 5) is 57.2. The number of amides is 5. The van der Waals surface area contributed by atoms with Gasteiger partial charge in [-0.05, 0) is 55.5 Å². The van der Waals surface area contributed by atoms with Gasteiger partial charge in [0, 0.05) is 32.9 Å². The van der Waals surface area contributed by atoms with Crippen LogP contribution in [0.1, 0.15) is 48.2 Å². The lowest BCUT2D eigenvalue weighted by molar-refractivity contribution is -0.142. The lowest BCUT2D eigenvalue weighted by Gasteiger charge is -2.43. The van der Waals surface area contributed by atoms with E-state index in [1.165, 1.54) is 36.2 Å². The maximum atomic E-state index is 14.3. The number of carbonyl (C=O) groups is 4. The number of hydrogen-bond donors (Lipinski definition) is 1. The normalized spacial score (nSPS) is 17.9. The first-order chi connectivity index (χ1) is 19.2. The summed E-state index contributed by atoms with van der Waals surface area (Å²) in [6.07, 6.45) is 1.50. The summed E-state index contributed by atoms with van der Waals surface area (Å²) in [5.74, 6) is -2.35. The minimum Gasteiger partial charge on any atom is -0.341 e. The van der Waals surface area contributed by atoms with E-state index in [-0.39, 0.29) is 60.7 Å². The van der Waals surface area contributed by atoms with Gasteiger partial charge in [-0.25, -0.2) is 17.6 Å². The van der Waals surface area contributed by atoms with Gasteiger partial charge in [0.15, 0.2) is 9.84 Å². The molecule has 5 amide bonds. The Balaban J connectivity index is 1.50. The maximum Gasteiger partial charge on any atom is 0.327 e. The summed E-state index contributed by atoms with van der Waals surface area (Å²) < 4.78 is 37.9. The van der Waals surface area contributed by atoms with Gasteiger partial charge in [-0.2, -0.15) is 0 Å². The highest BCUT2D eigenvalue weighted by atomic mass is 32.2. The fraction of sp³-hybridized carbons (Fsp3) is 0.448. The number of rotatable bonds is 7. The van der Waals surface area contributed by atoms with Crippen LogP contribution >= 0.6 is 0 Å². The van der Waals surface area contributed by atoms with E-state index in [4.69, 9.17) is 0 Å².